The molecule has 0 aliphatic rings. The van der Waals surface area contributed by atoms with Crippen molar-refractivity contribution in [3.8, 4) is 6.07 Å². The molecule has 1 rings (SSSR count). The summed E-state index contributed by atoms with van der Waals surface area (Å²) in [5.41, 5.74) is 0.794. The van der Waals surface area contributed by atoms with Crippen molar-refractivity contribution in [2.45, 2.75) is 19.5 Å². The summed E-state index contributed by atoms with van der Waals surface area (Å²) in [6, 6.07) is 4.97. The van der Waals surface area contributed by atoms with E-state index in [9.17, 15) is 9.18 Å². The van der Waals surface area contributed by atoms with E-state index in [1.807, 2.05) is 6.07 Å². The van der Waals surface area contributed by atoms with Crippen LogP contribution in [-0.4, -0.2) is 17.1 Å². The highest BCUT2D eigenvalue weighted by Gasteiger charge is 2.11. The molecule has 1 aromatic carbocycles. The van der Waals surface area contributed by atoms with Gasteiger partial charge in [-0.05, 0) is 30.7 Å². The largest absolute Gasteiger partial charge is 0.480 e. The molecule has 0 heterocycles. The number of nitrogens with zero attached hydrogens (tertiary/aromatic N) is 1. The van der Waals surface area contributed by atoms with E-state index in [-0.39, 0.29) is 6.54 Å². The van der Waals surface area contributed by atoms with E-state index in [2.05, 4.69) is 5.32 Å². The van der Waals surface area contributed by atoms with E-state index in [1.165, 1.54) is 25.1 Å². The van der Waals surface area contributed by atoms with E-state index in [0.29, 0.717) is 11.1 Å². The summed E-state index contributed by atoms with van der Waals surface area (Å²) in [6.45, 7) is 1.63. The molecule has 5 heteroatoms. The maximum Gasteiger partial charge on any atom is 0.320 e. The van der Waals surface area contributed by atoms with Crippen LogP contribution < -0.4 is 5.32 Å². The van der Waals surface area contributed by atoms with Crippen molar-refractivity contribution in [3.05, 3.63) is 35.1 Å². The maximum atomic E-state index is 12.9. The number of aliphatic carboxylic acids is 1. The molecule has 1 aromatic rings. The SMILES string of the molecule is CC(NCc1cc(F)ccc1C#N)C(=O)O. The fourth-order valence-electron chi connectivity index (χ4n) is 1.17. The Balaban J connectivity index is 2.77. The first-order valence-corrected chi connectivity index (χ1v) is 4.69. The lowest BCUT2D eigenvalue weighted by Gasteiger charge is -2.10. The number of hydrogen-bond acceptors (Lipinski definition) is 3. The molecule has 1 unspecified atom stereocenters. The van der Waals surface area contributed by atoms with Crippen LogP contribution in [0.15, 0.2) is 18.2 Å². The zero-order chi connectivity index (χ0) is 12.1. The molecule has 0 saturated carbocycles. The van der Waals surface area contributed by atoms with Gasteiger partial charge in [0.25, 0.3) is 0 Å². The summed E-state index contributed by atoms with van der Waals surface area (Å²) >= 11 is 0. The molecule has 16 heavy (non-hydrogen) atoms. The van der Waals surface area contributed by atoms with Crippen molar-refractivity contribution in [2.24, 2.45) is 0 Å². The molecule has 0 aliphatic heterocycles. The van der Waals surface area contributed by atoms with E-state index in [0.717, 1.165) is 0 Å². The number of carboxylic acid groups (broad SMARTS) is 1. The number of nitrogens with one attached hydrogen (secondary N) is 1. The lowest BCUT2D eigenvalue weighted by molar-refractivity contribution is -0.139. The highest BCUT2D eigenvalue weighted by molar-refractivity contribution is 5.72. The summed E-state index contributed by atoms with van der Waals surface area (Å²) in [5, 5.41) is 20.1. The van der Waals surface area contributed by atoms with Crippen molar-refractivity contribution in [2.75, 3.05) is 0 Å². The van der Waals surface area contributed by atoms with E-state index < -0.39 is 17.8 Å². The van der Waals surface area contributed by atoms with E-state index >= 15 is 0 Å². The Bertz CT molecular complexity index is 440. The second-order valence-corrected chi connectivity index (χ2v) is 3.35. The summed E-state index contributed by atoms with van der Waals surface area (Å²) < 4.78 is 12.9. The minimum atomic E-state index is -0.991. The van der Waals surface area contributed by atoms with Gasteiger partial charge in [-0.2, -0.15) is 5.26 Å². The Morgan fingerprint density at radius 2 is 2.38 bits per heavy atom. The molecule has 2 N–H and O–H groups in total. The fourth-order valence-corrected chi connectivity index (χ4v) is 1.17. The molecule has 4 nitrogen and oxygen atoms in total. The van der Waals surface area contributed by atoms with Gasteiger partial charge in [0.05, 0.1) is 11.6 Å². The van der Waals surface area contributed by atoms with Gasteiger partial charge in [0.1, 0.15) is 11.9 Å². The van der Waals surface area contributed by atoms with E-state index in [1.54, 1.807) is 0 Å². The van der Waals surface area contributed by atoms with Crippen molar-refractivity contribution in [3.63, 3.8) is 0 Å². The van der Waals surface area contributed by atoms with Gasteiger partial charge in [-0.1, -0.05) is 0 Å². The van der Waals surface area contributed by atoms with Crippen LogP contribution in [-0.2, 0) is 11.3 Å². The molecule has 0 aromatic heterocycles. The number of hydrogen-bond donors (Lipinski definition) is 2. The zero-order valence-electron chi connectivity index (χ0n) is 8.70. The van der Waals surface area contributed by atoms with Gasteiger partial charge in [-0.15, -0.1) is 0 Å². The van der Waals surface area contributed by atoms with Crippen molar-refractivity contribution >= 4 is 5.97 Å². The second kappa shape index (κ2) is 5.24. The summed E-state index contributed by atoms with van der Waals surface area (Å²) in [7, 11) is 0. The monoisotopic (exact) mass is 222 g/mol. The van der Waals surface area contributed by atoms with Crippen LogP contribution in [0, 0.1) is 17.1 Å². The highest BCUT2D eigenvalue weighted by Crippen LogP contribution is 2.10. The van der Waals surface area contributed by atoms with Crippen LogP contribution in [0.5, 0.6) is 0 Å². The summed E-state index contributed by atoms with van der Waals surface area (Å²) in [4.78, 5) is 10.5. The predicted molar refractivity (Wildman–Crippen MR) is 55.1 cm³/mol. The molecule has 0 saturated heterocycles. The van der Waals surface area contributed by atoms with E-state index in [4.69, 9.17) is 10.4 Å². The third-order valence-electron chi connectivity index (χ3n) is 2.16. The van der Waals surface area contributed by atoms with Gasteiger partial charge in [0, 0.05) is 6.54 Å². The minimum Gasteiger partial charge on any atom is -0.480 e. The lowest BCUT2D eigenvalue weighted by atomic mass is 10.1. The number of nitriles is 1. The zero-order valence-corrected chi connectivity index (χ0v) is 8.70. The smallest absolute Gasteiger partial charge is 0.320 e. The van der Waals surface area contributed by atoms with Gasteiger partial charge in [0.15, 0.2) is 0 Å². The molecule has 0 bridgehead atoms. The van der Waals surface area contributed by atoms with Gasteiger partial charge in [-0.3, -0.25) is 4.79 Å². The normalized spacial score (nSPS) is 11.8. The topological polar surface area (TPSA) is 73.1 Å². The Labute approximate surface area is 92.3 Å². The Morgan fingerprint density at radius 1 is 1.69 bits per heavy atom. The van der Waals surface area contributed by atoms with Gasteiger partial charge < -0.3 is 10.4 Å². The molecule has 0 fully saturated rings. The van der Waals surface area contributed by atoms with Gasteiger partial charge in [0.2, 0.25) is 0 Å². The second-order valence-electron chi connectivity index (χ2n) is 3.35. The highest BCUT2D eigenvalue weighted by atomic mass is 19.1. The number of rotatable bonds is 4. The average molecular weight is 222 g/mol. The lowest BCUT2D eigenvalue weighted by Crippen LogP contribution is -2.33. The first kappa shape index (κ1) is 12.1. The quantitative estimate of drug-likeness (QED) is 0.804. The third-order valence-corrected chi connectivity index (χ3v) is 2.16. The van der Waals surface area contributed by atoms with Crippen LogP contribution in [0.1, 0.15) is 18.1 Å². The van der Waals surface area contributed by atoms with Crippen molar-refractivity contribution < 1.29 is 14.3 Å². The Morgan fingerprint density at radius 3 is 2.94 bits per heavy atom. The van der Waals surface area contributed by atoms with Crippen LogP contribution in [0.2, 0.25) is 0 Å². The van der Waals surface area contributed by atoms with Crippen LogP contribution >= 0.6 is 0 Å². The molecular formula is C11H11FN2O2. The molecule has 0 amide bonds. The Kier molecular flexibility index (Phi) is 3.97. The minimum absolute atomic E-state index is 0.147. The summed E-state index contributed by atoms with van der Waals surface area (Å²) in [6.07, 6.45) is 0. The van der Waals surface area contributed by atoms with Gasteiger partial charge >= 0.3 is 5.97 Å². The number of carboxylic acids is 1. The number of benzene rings is 1. The third kappa shape index (κ3) is 3.04. The molecule has 0 radical (unpaired) electrons. The molecule has 1 atom stereocenters. The predicted octanol–water partition coefficient (Wildman–Crippen LogP) is 1.26. The van der Waals surface area contributed by atoms with Crippen LogP contribution in [0.3, 0.4) is 0 Å². The molecule has 0 spiro atoms. The summed E-state index contributed by atoms with van der Waals surface area (Å²) in [5.74, 6) is -1.44. The van der Waals surface area contributed by atoms with Crippen LogP contribution in [0.25, 0.3) is 0 Å². The molecular weight excluding hydrogens is 211 g/mol. The Hall–Kier alpha value is -1.93. The standard InChI is InChI=1S/C11H11FN2O2/c1-7(11(15)16)14-6-9-4-10(12)3-2-8(9)5-13/h2-4,7,14H,6H2,1H3,(H,15,16). The van der Waals surface area contributed by atoms with Crippen LogP contribution in [0.4, 0.5) is 4.39 Å². The molecule has 84 valence electrons. The van der Waals surface area contributed by atoms with Gasteiger partial charge in [-0.25, -0.2) is 4.39 Å². The first-order chi connectivity index (χ1) is 7.54. The van der Waals surface area contributed by atoms with Crippen molar-refractivity contribution in [1.82, 2.24) is 5.32 Å². The number of carbonyl (C=O) groups is 1. The first-order valence-electron chi connectivity index (χ1n) is 4.69. The average Bonchev–Trinajstić information content (AvgIpc) is 2.25. The fraction of sp³-hybridized carbons (Fsp3) is 0.273. The van der Waals surface area contributed by atoms with Crippen molar-refractivity contribution in [1.29, 1.82) is 5.26 Å². The number of halogens is 1. The molecule has 0 aliphatic carbocycles. The maximum absolute atomic E-state index is 12.9.